The highest BCUT2D eigenvalue weighted by Gasteiger charge is 2.36. The van der Waals surface area contributed by atoms with Crippen molar-refractivity contribution in [3.8, 4) is 0 Å². The molecule has 2 fully saturated rings. The Balaban J connectivity index is 1.24. The van der Waals surface area contributed by atoms with Crippen molar-refractivity contribution in [2.24, 2.45) is 0 Å². The van der Waals surface area contributed by atoms with Crippen molar-refractivity contribution in [3.63, 3.8) is 0 Å². The van der Waals surface area contributed by atoms with E-state index >= 15 is 0 Å². The van der Waals surface area contributed by atoms with E-state index in [9.17, 15) is 9.90 Å². The Morgan fingerprint density at radius 3 is 2.86 bits per heavy atom. The SMILES string of the molecule is O=C(c1n[nH]c2c1COCC2)N1CCC(n2cc(C3(O)CCCC3)nn2)CC1. The van der Waals surface area contributed by atoms with Crippen LogP contribution in [0.15, 0.2) is 6.20 Å². The number of fused-ring (bicyclic) bond motifs is 1. The number of nitrogens with one attached hydrogen (secondary N) is 1. The third kappa shape index (κ3) is 3.02. The molecule has 150 valence electrons. The van der Waals surface area contributed by atoms with Crippen LogP contribution in [0.2, 0.25) is 0 Å². The van der Waals surface area contributed by atoms with Gasteiger partial charge >= 0.3 is 0 Å². The van der Waals surface area contributed by atoms with Gasteiger partial charge in [0.25, 0.3) is 5.91 Å². The standard InChI is InChI=1S/C19H26N6O3/c26-18(17-14-12-28-10-5-15(14)20-22-17)24-8-3-13(4-9-24)25-11-16(21-23-25)19(27)6-1-2-7-19/h11,13,27H,1-10,12H2,(H,20,22). The van der Waals surface area contributed by atoms with Gasteiger partial charge in [-0.2, -0.15) is 5.10 Å². The molecule has 1 aliphatic carbocycles. The third-order valence-corrected chi connectivity index (χ3v) is 6.44. The molecule has 9 heteroatoms. The summed E-state index contributed by atoms with van der Waals surface area (Å²) in [6, 6.07) is 0.201. The van der Waals surface area contributed by atoms with Crippen molar-refractivity contribution in [1.82, 2.24) is 30.1 Å². The molecule has 0 unspecified atom stereocenters. The zero-order valence-electron chi connectivity index (χ0n) is 15.9. The molecule has 0 atom stereocenters. The molecule has 2 aromatic heterocycles. The highest BCUT2D eigenvalue weighted by atomic mass is 16.5. The van der Waals surface area contributed by atoms with Crippen LogP contribution >= 0.6 is 0 Å². The van der Waals surface area contributed by atoms with E-state index < -0.39 is 5.60 Å². The molecule has 1 saturated heterocycles. The quantitative estimate of drug-likeness (QED) is 0.823. The molecule has 1 saturated carbocycles. The fraction of sp³-hybridized carbons (Fsp3) is 0.684. The Morgan fingerprint density at radius 2 is 2.07 bits per heavy atom. The first-order valence-electron chi connectivity index (χ1n) is 10.2. The summed E-state index contributed by atoms with van der Waals surface area (Å²) in [5.74, 6) is -0.0269. The minimum atomic E-state index is -0.809. The zero-order valence-corrected chi connectivity index (χ0v) is 15.9. The van der Waals surface area contributed by atoms with E-state index in [-0.39, 0.29) is 11.9 Å². The number of H-pyrrole nitrogens is 1. The topological polar surface area (TPSA) is 109 Å². The summed E-state index contributed by atoms with van der Waals surface area (Å²) >= 11 is 0. The van der Waals surface area contributed by atoms with Crippen LogP contribution in [0.4, 0.5) is 0 Å². The fourth-order valence-electron chi connectivity index (χ4n) is 4.66. The number of carbonyl (C=O) groups is 1. The molecule has 0 spiro atoms. The summed E-state index contributed by atoms with van der Waals surface area (Å²) in [4.78, 5) is 14.8. The molecule has 4 heterocycles. The van der Waals surface area contributed by atoms with Crippen molar-refractivity contribution in [3.05, 3.63) is 28.8 Å². The molecular weight excluding hydrogens is 360 g/mol. The van der Waals surface area contributed by atoms with Gasteiger partial charge in [0.2, 0.25) is 0 Å². The van der Waals surface area contributed by atoms with Gasteiger partial charge in [-0.05, 0) is 25.7 Å². The first kappa shape index (κ1) is 17.8. The van der Waals surface area contributed by atoms with Gasteiger partial charge in [0.15, 0.2) is 5.69 Å². The molecule has 2 aromatic rings. The lowest BCUT2D eigenvalue weighted by Gasteiger charge is -2.31. The summed E-state index contributed by atoms with van der Waals surface area (Å²) < 4.78 is 7.36. The molecule has 0 bridgehead atoms. The maximum Gasteiger partial charge on any atom is 0.274 e. The molecule has 2 aliphatic heterocycles. The molecule has 0 aromatic carbocycles. The summed E-state index contributed by atoms with van der Waals surface area (Å²) in [6.07, 6.45) is 7.89. The second-order valence-corrected chi connectivity index (χ2v) is 8.18. The Labute approximate surface area is 163 Å². The number of amides is 1. The number of hydrogen-bond donors (Lipinski definition) is 2. The van der Waals surface area contributed by atoms with Gasteiger partial charge in [0.1, 0.15) is 11.3 Å². The van der Waals surface area contributed by atoms with Crippen molar-refractivity contribution < 1.29 is 14.6 Å². The van der Waals surface area contributed by atoms with Gasteiger partial charge in [0, 0.05) is 30.8 Å². The van der Waals surface area contributed by atoms with Crippen LogP contribution in [0, 0.1) is 0 Å². The largest absolute Gasteiger partial charge is 0.383 e. The highest BCUT2D eigenvalue weighted by Crippen LogP contribution is 2.37. The molecular formula is C19H26N6O3. The summed E-state index contributed by atoms with van der Waals surface area (Å²) in [5, 5.41) is 26.5. The normalized spacial score (nSPS) is 22.4. The number of piperidine rings is 1. The lowest BCUT2D eigenvalue weighted by atomic mass is 9.99. The van der Waals surface area contributed by atoms with Crippen LogP contribution in [0.5, 0.6) is 0 Å². The average molecular weight is 386 g/mol. The van der Waals surface area contributed by atoms with Crippen molar-refractivity contribution >= 4 is 5.91 Å². The van der Waals surface area contributed by atoms with Gasteiger partial charge in [-0.15, -0.1) is 5.10 Å². The summed E-state index contributed by atoms with van der Waals surface area (Å²) in [7, 11) is 0. The number of aliphatic hydroxyl groups is 1. The van der Waals surface area contributed by atoms with E-state index in [4.69, 9.17) is 4.74 Å². The monoisotopic (exact) mass is 386 g/mol. The Kier molecular flexibility index (Phi) is 4.43. The summed E-state index contributed by atoms with van der Waals surface area (Å²) in [6.45, 7) is 2.44. The fourth-order valence-corrected chi connectivity index (χ4v) is 4.66. The lowest BCUT2D eigenvalue weighted by molar-refractivity contribution is 0.0398. The molecule has 1 amide bonds. The van der Waals surface area contributed by atoms with Crippen LogP contribution < -0.4 is 0 Å². The second-order valence-electron chi connectivity index (χ2n) is 8.18. The summed E-state index contributed by atoms with van der Waals surface area (Å²) in [5.41, 5.74) is 2.30. The number of likely N-dealkylation sites (tertiary alicyclic amines) is 1. The number of nitrogens with zero attached hydrogens (tertiary/aromatic N) is 5. The molecule has 5 rings (SSSR count). The van der Waals surface area contributed by atoms with Crippen LogP contribution in [0.3, 0.4) is 0 Å². The maximum absolute atomic E-state index is 12.9. The predicted octanol–water partition coefficient (Wildman–Crippen LogP) is 1.31. The number of aromatic nitrogens is 5. The van der Waals surface area contributed by atoms with E-state index in [1.54, 1.807) is 0 Å². The zero-order chi connectivity index (χ0) is 19.1. The lowest BCUT2D eigenvalue weighted by Crippen LogP contribution is -2.39. The highest BCUT2D eigenvalue weighted by molar-refractivity contribution is 5.94. The van der Waals surface area contributed by atoms with Gasteiger partial charge in [-0.25, -0.2) is 4.68 Å². The number of aromatic amines is 1. The van der Waals surface area contributed by atoms with Gasteiger partial charge in [-0.3, -0.25) is 9.89 Å². The van der Waals surface area contributed by atoms with Gasteiger partial charge in [0.05, 0.1) is 25.5 Å². The minimum Gasteiger partial charge on any atom is -0.383 e. The molecule has 3 aliphatic rings. The maximum atomic E-state index is 12.9. The van der Waals surface area contributed by atoms with Crippen LogP contribution in [0.1, 0.15) is 72.0 Å². The van der Waals surface area contributed by atoms with E-state index in [0.29, 0.717) is 37.7 Å². The smallest absolute Gasteiger partial charge is 0.274 e. The molecule has 0 radical (unpaired) electrons. The third-order valence-electron chi connectivity index (χ3n) is 6.44. The number of ether oxygens (including phenoxy) is 1. The van der Waals surface area contributed by atoms with Crippen LogP contribution in [-0.4, -0.2) is 60.8 Å². The first-order chi connectivity index (χ1) is 13.6. The van der Waals surface area contributed by atoms with Crippen molar-refractivity contribution in [2.45, 2.75) is 63.2 Å². The Hall–Kier alpha value is -2.26. The van der Waals surface area contributed by atoms with E-state index in [1.807, 2.05) is 15.8 Å². The average Bonchev–Trinajstić information content (AvgIpc) is 3.47. The number of rotatable bonds is 3. The van der Waals surface area contributed by atoms with Crippen molar-refractivity contribution in [1.29, 1.82) is 0 Å². The van der Waals surface area contributed by atoms with E-state index in [0.717, 1.165) is 56.2 Å². The Bertz CT molecular complexity index is 861. The molecule has 2 N–H and O–H groups in total. The number of hydrogen-bond acceptors (Lipinski definition) is 6. The Morgan fingerprint density at radius 1 is 1.29 bits per heavy atom. The second kappa shape index (κ2) is 6.97. The molecule has 28 heavy (non-hydrogen) atoms. The minimum absolute atomic E-state index is 0.0269. The van der Waals surface area contributed by atoms with Gasteiger partial charge < -0.3 is 14.7 Å². The van der Waals surface area contributed by atoms with E-state index in [1.165, 1.54) is 0 Å². The number of carbonyl (C=O) groups excluding carboxylic acids is 1. The van der Waals surface area contributed by atoms with Crippen LogP contribution in [0.25, 0.3) is 0 Å². The van der Waals surface area contributed by atoms with Crippen molar-refractivity contribution in [2.75, 3.05) is 19.7 Å². The van der Waals surface area contributed by atoms with Gasteiger partial charge in [-0.1, -0.05) is 18.1 Å². The first-order valence-corrected chi connectivity index (χ1v) is 10.2. The predicted molar refractivity (Wildman–Crippen MR) is 98.5 cm³/mol. The van der Waals surface area contributed by atoms with E-state index in [2.05, 4.69) is 20.5 Å². The molecule has 9 nitrogen and oxygen atoms in total. The van der Waals surface area contributed by atoms with Crippen LogP contribution in [-0.2, 0) is 23.4 Å².